The van der Waals surface area contributed by atoms with Crippen molar-refractivity contribution < 1.29 is 4.74 Å². The molecule has 0 amide bonds. The van der Waals surface area contributed by atoms with Crippen LogP contribution in [0.1, 0.15) is 17.5 Å². The minimum Gasteiger partial charge on any atom is -0.502 e. The first-order valence-corrected chi connectivity index (χ1v) is 5.80. The minimum atomic E-state index is 0.713. The summed E-state index contributed by atoms with van der Waals surface area (Å²) in [4.78, 5) is 0. The Kier molecular flexibility index (Phi) is 5.98. The summed E-state index contributed by atoms with van der Waals surface area (Å²) in [5.41, 5.74) is 2.32. The molecule has 0 bridgehead atoms. The smallest absolute Gasteiger partial charge is 0.0885 e. The predicted octanol–water partition coefficient (Wildman–Crippen LogP) is 3.29. The zero-order chi connectivity index (χ0) is 11.8. The molecule has 0 saturated carbocycles. The molecule has 1 N–H and O–H groups in total. The van der Waals surface area contributed by atoms with Crippen LogP contribution >= 0.6 is 11.6 Å². The number of hydrogen-bond donors (Lipinski definition) is 1. The van der Waals surface area contributed by atoms with E-state index in [1.807, 2.05) is 19.1 Å². The first-order valence-electron chi connectivity index (χ1n) is 5.42. The van der Waals surface area contributed by atoms with Crippen molar-refractivity contribution in [2.45, 2.75) is 19.9 Å². The molecule has 0 unspecified atom stereocenters. The average molecular weight is 240 g/mol. The van der Waals surface area contributed by atoms with Crippen LogP contribution in [0.3, 0.4) is 0 Å². The molecule has 3 heteroatoms. The van der Waals surface area contributed by atoms with Gasteiger partial charge in [-0.3, -0.25) is 0 Å². The molecule has 0 aliphatic carbocycles. The van der Waals surface area contributed by atoms with E-state index >= 15 is 0 Å². The van der Waals surface area contributed by atoms with E-state index < -0.39 is 0 Å². The van der Waals surface area contributed by atoms with Gasteiger partial charge in [0.1, 0.15) is 0 Å². The van der Waals surface area contributed by atoms with Gasteiger partial charge in [0.05, 0.1) is 12.9 Å². The first kappa shape index (κ1) is 13.1. The molecule has 16 heavy (non-hydrogen) atoms. The van der Waals surface area contributed by atoms with Crippen LogP contribution in [0.2, 0.25) is 5.02 Å². The number of rotatable bonds is 7. The first-order chi connectivity index (χ1) is 7.74. The lowest BCUT2D eigenvalue weighted by Gasteiger charge is -2.06. The second-order valence-electron chi connectivity index (χ2n) is 3.65. The number of nitrogens with one attached hydrogen (secondary N) is 1. The number of hydrogen-bond acceptors (Lipinski definition) is 2. The maximum absolute atomic E-state index is 6.04. The molecule has 1 rings (SSSR count). The molecule has 0 fully saturated rings. The Balaban J connectivity index is 2.21. The number of benzene rings is 1. The molecule has 0 heterocycles. The maximum Gasteiger partial charge on any atom is 0.0885 e. The highest BCUT2D eigenvalue weighted by Crippen LogP contribution is 2.16. The molecule has 88 valence electrons. The summed E-state index contributed by atoms with van der Waals surface area (Å²) in [6.45, 7) is 7.98. The van der Waals surface area contributed by atoms with Crippen LogP contribution in [0, 0.1) is 6.92 Å². The lowest BCUT2D eigenvalue weighted by Crippen LogP contribution is -2.15. The Hall–Kier alpha value is -0.990. The third kappa shape index (κ3) is 4.69. The lowest BCUT2D eigenvalue weighted by atomic mass is 10.1. The standard InChI is InChI=1S/C13H18ClNO/c1-3-16-8-4-7-15-10-12-6-5-11(2)13(14)9-12/h3,5-6,9,15H,1,4,7-8,10H2,2H3. The molecular weight excluding hydrogens is 222 g/mol. The van der Waals surface area contributed by atoms with Gasteiger partial charge in [-0.2, -0.15) is 0 Å². The molecule has 0 spiro atoms. The summed E-state index contributed by atoms with van der Waals surface area (Å²) in [6, 6.07) is 6.14. The molecular formula is C13H18ClNO. The summed E-state index contributed by atoms with van der Waals surface area (Å²) >= 11 is 6.04. The number of aryl methyl sites for hydroxylation is 1. The molecule has 0 radical (unpaired) electrons. The van der Waals surface area contributed by atoms with Gasteiger partial charge in [-0.05, 0) is 37.1 Å². The Morgan fingerprint density at radius 1 is 1.50 bits per heavy atom. The fourth-order valence-electron chi connectivity index (χ4n) is 1.34. The van der Waals surface area contributed by atoms with E-state index in [9.17, 15) is 0 Å². The Morgan fingerprint density at radius 3 is 3.00 bits per heavy atom. The van der Waals surface area contributed by atoms with Gasteiger partial charge in [0.25, 0.3) is 0 Å². The van der Waals surface area contributed by atoms with E-state index in [0.29, 0.717) is 6.61 Å². The van der Waals surface area contributed by atoms with Crippen LogP contribution in [0.25, 0.3) is 0 Å². The minimum absolute atomic E-state index is 0.713. The van der Waals surface area contributed by atoms with Crippen LogP contribution in [0.5, 0.6) is 0 Å². The van der Waals surface area contributed by atoms with Gasteiger partial charge in [0, 0.05) is 11.6 Å². The summed E-state index contributed by atoms with van der Waals surface area (Å²) in [7, 11) is 0. The molecule has 0 aromatic heterocycles. The van der Waals surface area contributed by atoms with Crippen LogP contribution in [0.15, 0.2) is 31.0 Å². The van der Waals surface area contributed by atoms with Gasteiger partial charge >= 0.3 is 0 Å². The Bertz CT molecular complexity index is 339. The summed E-state index contributed by atoms with van der Waals surface area (Å²) in [6.07, 6.45) is 2.45. The van der Waals surface area contributed by atoms with Crippen LogP contribution in [0.4, 0.5) is 0 Å². The van der Waals surface area contributed by atoms with Gasteiger partial charge in [0.15, 0.2) is 0 Å². The highest BCUT2D eigenvalue weighted by atomic mass is 35.5. The molecule has 0 saturated heterocycles. The van der Waals surface area contributed by atoms with Gasteiger partial charge in [-0.15, -0.1) is 0 Å². The highest BCUT2D eigenvalue weighted by Gasteiger charge is 1.97. The predicted molar refractivity (Wildman–Crippen MR) is 68.7 cm³/mol. The second kappa shape index (κ2) is 7.31. The fraction of sp³-hybridized carbons (Fsp3) is 0.385. The van der Waals surface area contributed by atoms with Crippen molar-refractivity contribution in [3.8, 4) is 0 Å². The summed E-state index contributed by atoms with van der Waals surface area (Å²) in [5.74, 6) is 0. The van der Waals surface area contributed by atoms with E-state index in [1.165, 1.54) is 11.8 Å². The molecule has 0 aliphatic rings. The quantitative estimate of drug-likeness (QED) is 0.582. The van der Waals surface area contributed by atoms with Crippen molar-refractivity contribution in [1.29, 1.82) is 0 Å². The second-order valence-corrected chi connectivity index (χ2v) is 4.06. The van der Waals surface area contributed by atoms with Gasteiger partial charge < -0.3 is 10.1 Å². The van der Waals surface area contributed by atoms with Crippen molar-refractivity contribution in [3.05, 3.63) is 47.2 Å². The topological polar surface area (TPSA) is 21.3 Å². The third-order valence-electron chi connectivity index (χ3n) is 2.30. The molecule has 2 nitrogen and oxygen atoms in total. The van der Waals surface area contributed by atoms with Crippen LogP contribution < -0.4 is 5.32 Å². The SMILES string of the molecule is C=COCCCNCc1ccc(C)c(Cl)c1. The number of halogens is 1. The van der Waals surface area contributed by atoms with Gasteiger partial charge in [-0.25, -0.2) is 0 Å². The van der Waals surface area contributed by atoms with Crippen molar-refractivity contribution in [2.24, 2.45) is 0 Å². The van der Waals surface area contributed by atoms with Crippen LogP contribution in [-0.4, -0.2) is 13.2 Å². The zero-order valence-electron chi connectivity index (χ0n) is 9.63. The largest absolute Gasteiger partial charge is 0.502 e. The van der Waals surface area contributed by atoms with Gasteiger partial charge in [-0.1, -0.05) is 30.3 Å². The molecule has 1 aromatic carbocycles. The van der Waals surface area contributed by atoms with Gasteiger partial charge in [0.2, 0.25) is 0 Å². The summed E-state index contributed by atoms with van der Waals surface area (Å²) < 4.78 is 5.02. The molecule has 1 aromatic rings. The van der Waals surface area contributed by atoms with E-state index in [-0.39, 0.29) is 0 Å². The van der Waals surface area contributed by atoms with Crippen molar-refractivity contribution in [1.82, 2.24) is 5.32 Å². The monoisotopic (exact) mass is 239 g/mol. The Morgan fingerprint density at radius 2 is 2.31 bits per heavy atom. The third-order valence-corrected chi connectivity index (χ3v) is 2.71. The van der Waals surface area contributed by atoms with E-state index in [2.05, 4.69) is 18.0 Å². The zero-order valence-corrected chi connectivity index (χ0v) is 10.4. The van der Waals surface area contributed by atoms with E-state index in [0.717, 1.165) is 30.1 Å². The van der Waals surface area contributed by atoms with E-state index in [4.69, 9.17) is 16.3 Å². The fourth-order valence-corrected chi connectivity index (χ4v) is 1.55. The molecule has 0 aliphatic heterocycles. The van der Waals surface area contributed by atoms with E-state index in [1.54, 1.807) is 0 Å². The van der Waals surface area contributed by atoms with Crippen molar-refractivity contribution in [3.63, 3.8) is 0 Å². The van der Waals surface area contributed by atoms with Crippen molar-refractivity contribution in [2.75, 3.05) is 13.2 Å². The Labute approximate surface area is 102 Å². The highest BCUT2D eigenvalue weighted by molar-refractivity contribution is 6.31. The lowest BCUT2D eigenvalue weighted by molar-refractivity contribution is 0.244. The van der Waals surface area contributed by atoms with Crippen LogP contribution in [-0.2, 0) is 11.3 Å². The summed E-state index contributed by atoms with van der Waals surface area (Å²) in [5, 5.41) is 4.16. The molecule has 0 atom stereocenters. The normalized spacial score (nSPS) is 10.1. The average Bonchev–Trinajstić information content (AvgIpc) is 2.28. The maximum atomic E-state index is 6.04. The van der Waals surface area contributed by atoms with Crippen molar-refractivity contribution >= 4 is 11.6 Å². The number of ether oxygens (including phenoxy) is 1.